The van der Waals surface area contributed by atoms with E-state index in [1.807, 2.05) is 49.5 Å². The van der Waals surface area contributed by atoms with Gasteiger partial charge in [0.05, 0.1) is 12.1 Å². The van der Waals surface area contributed by atoms with E-state index >= 15 is 0 Å². The van der Waals surface area contributed by atoms with Gasteiger partial charge in [0.2, 0.25) is 0 Å². The van der Waals surface area contributed by atoms with Crippen molar-refractivity contribution >= 4 is 18.2 Å². The monoisotopic (exact) mass is 429 g/mol. The number of hydrogen-bond donors (Lipinski definition) is 0. The number of hydrogen-bond acceptors (Lipinski definition) is 5. The average molecular weight is 430 g/mol. The molecule has 0 saturated carbocycles. The molecule has 6 heteroatoms. The van der Waals surface area contributed by atoms with Crippen LogP contribution in [0.25, 0.3) is 12.3 Å². The normalized spacial score (nSPS) is 22.0. The number of fused-ring (bicyclic) bond motifs is 3. The van der Waals surface area contributed by atoms with Gasteiger partial charge in [-0.2, -0.15) is 0 Å². The van der Waals surface area contributed by atoms with Crippen LogP contribution in [0.3, 0.4) is 0 Å². The van der Waals surface area contributed by atoms with E-state index in [-0.39, 0.29) is 23.9 Å². The van der Waals surface area contributed by atoms with Gasteiger partial charge < -0.3 is 9.47 Å². The first kappa shape index (κ1) is 20.5. The first-order valence-electron chi connectivity index (χ1n) is 11.1. The Morgan fingerprint density at radius 2 is 2.06 bits per heavy atom. The summed E-state index contributed by atoms with van der Waals surface area (Å²) in [5.41, 5.74) is 6.63. The third-order valence-electron chi connectivity index (χ3n) is 6.81. The maximum absolute atomic E-state index is 12.2. The number of esters is 1. The number of carbonyl (C=O) groups is 1. The maximum atomic E-state index is 12.2. The van der Waals surface area contributed by atoms with Gasteiger partial charge in [-0.3, -0.25) is 4.79 Å². The summed E-state index contributed by atoms with van der Waals surface area (Å²) >= 11 is 0. The van der Waals surface area contributed by atoms with Crippen molar-refractivity contribution in [3.63, 3.8) is 0 Å². The van der Waals surface area contributed by atoms with Gasteiger partial charge in [0.25, 0.3) is 0 Å². The van der Waals surface area contributed by atoms with Gasteiger partial charge in [-0.05, 0) is 61.1 Å². The largest absolute Gasteiger partial charge is 0.487 e. The molecule has 0 amide bonds. The highest BCUT2D eigenvalue weighted by atomic mass is 16.6. The summed E-state index contributed by atoms with van der Waals surface area (Å²) in [7, 11) is 0. The molecule has 1 aromatic heterocycles. The zero-order chi connectivity index (χ0) is 22.2. The minimum absolute atomic E-state index is 0.0470. The molecule has 0 unspecified atom stereocenters. The van der Waals surface area contributed by atoms with E-state index in [0.717, 1.165) is 41.0 Å². The van der Waals surface area contributed by atoms with Gasteiger partial charge in [0, 0.05) is 17.7 Å². The van der Waals surface area contributed by atoms with Crippen molar-refractivity contribution in [3.05, 3.63) is 76.1 Å². The molecule has 5 rings (SSSR count). The van der Waals surface area contributed by atoms with Crippen LogP contribution in [0.5, 0.6) is 5.75 Å². The quantitative estimate of drug-likeness (QED) is 0.540. The third kappa shape index (κ3) is 3.60. The van der Waals surface area contributed by atoms with Gasteiger partial charge in [0.15, 0.2) is 0 Å². The van der Waals surface area contributed by atoms with Crippen LogP contribution in [0.4, 0.5) is 0 Å². The fourth-order valence-electron chi connectivity index (χ4n) is 4.94. The van der Waals surface area contributed by atoms with Crippen molar-refractivity contribution in [1.29, 1.82) is 0 Å². The van der Waals surface area contributed by atoms with Crippen LogP contribution < -0.4 is 4.74 Å². The van der Waals surface area contributed by atoms with Crippen molar-refractivity contribution < 1.29 is 14.3 Å². The summed E-state index contributed by atoms with van der Waals surface area (Å²) in [6.07, 6.45) is 7.39. The smallest absolute Gasteiger partial charge is 0.309 e. The number of ether oxygens (including phenoxy) is 2. The van der Waals surface area contributed by atoms with Crippen molar-refractivity contribution in [3.8, 4) is 5.75 Å². The first-order chi connectivity index (χ1) is 15.5. The summed E-state index contributed by atoms with van der Waals surface area (Å²) in [6.45, 7) is 6.50. The van der Waals surface area contributed by atoms with E-state index in [4.69, 9.17) is 9.47 Å². The van der Waals surface area contributed by atoms with Crippen molar-refractivity contribution in [2.24, 2.45) is 11.8 Å². The van der Waals surface area contributed by atoms with Gasteiger partial charge in [-0.1, -0.05) is 42.5 Å². The molecule has 0 spiro atoms. The Kier molecular flexibility index (Phi) is 5.29. The molecule has 1 aliphatic heterocycles. The second kappa shape index (κ2) is 8.26. The van der Waals surface area contributed by atoms with E-state index in [9.17, 15) is 4.79 Å². The molecule has 6 nitrogen and oxygen atoms in total. The van der Waals surface area contributed by atoms with Crippen molar-refractivity contribution in [2.75, 3.05) is 0 Å². The maximum Gasteiger partial charge on any atom is 0.309 e. The van der Waals surface area contributed by atoms with Crippen LogP contribution in [-0.2, 0) is 22.6 Å². The lowest BCUT2D eigenvalue weighted by atomic mass is 9.74. The van der Waals surface area contributed by atoms with Crippen LogP contribution >= 0.6 is 0 Å². The minimum Gasteiger partial charge on any atom is -0.487 e. The standard InChI is InChI=1S/C26H27N3O3/c1-16-13-23(18(3)24-21(16)9-10-22-17(2)26(30)32-25(22)24)31-15-20-14-27-28-29(20)12-11-19-7-5-4-6-8-19/h4-8,11-14,17,22,25H,9-10,15H2,1-3H3/b12-11+/t17-,22-,25+/m0/s1. The predicted molar refractivity (Wildman–Crippen MR) is 122 cm³/mol. The molecule has 2 heterocycles. The van der Waals surface area contributed by atoms with E-state index in [0.29, 0.717) is 6.61 Å². The van der Waals surface area contributed by atoms with Gasteiger partial charge in [-0.25, -0.2) is 4.68 Å². The topological polar surface area (TPSA) is 66.2 Å². The fourth-order valence-corrected chi connectivity index (χ4v) is 4.94. The molecule has 2 aliphatic rings. The van der Waals surface area contributed by atoms with Gasteiger partial charge >= 0.3 is 5.97 Å². The molecule has 0 N–H and O–H groups in total. The van der Waals surface area contributed by atoms with E-state index in [2.05, 4.69) is 30.2 Å². The molecule has 0 radical (unpaired) electrons. The fraction of sp³-hybridized carbons (Fsp3) is 0.346. The Bertz CT molecular complexity index is 1180. The highest BCUT2D eigenvalue weighted by Crippen LogP contribution is 2.49. The molecule has 1 aliphatic carbocycles. The molecule has 1 fully saturated rings. The molecule has 164 valence electrons. The summed E-state index contributed by atoms with van der Waals surface area (Å²) in [5, 5.41) is 8.20. The Labute approximate surface area is 187 Å². The summed E-state index contributed by atoms with van der Waals surface area (Å²) < 4.78 is 13.8. The third-order valence-corrected chi connectivity index (χ3v) is 6.81. The Morgan fingerprint density at radius 1 is 1.25 bits per heavy atom. The van der Waals surface area contributed by atoms with Crippen LogP contribution in [0, 0.1) is 25.7 Å². The number of rotatable bonds is 5. The van der Waals surface area contributed by atoms with Crippen molar-refractivity contribution in [2.45, 2.75) is 46.3 Å². The highest BCUT2D eigenvalue weighted by Gasteiger charge is 2.46. The zero-order valence-corrected chi connectivity index (χ0v) is 18.6. The van der Waals surface area contributed by atoms with Gasteiger partial charge in [0.1, 0.15) is 24.2 Å². The zero-order valence-electron chi connectivity index (χ0n) is 18.6. The first-order valence-corrected chi connectivity index (χ1v) is 11.1. The Morgan fingerprint density at radius 3 is 2.88 bits per heavy atom. The summed E-state index contributed by atoms with van der Waals surface area (Å²) in [5.74, 6) is 0.931. The molecule has 2 aromatic carbocycles. The number of aromatic nitrogens is 3. The Hall–Kier alpha value is -3.41. The molecule has 3 atom stereocenters. The lowest BCUT2D eigenvalue weighted by molar-refractivity contribution is -0.144. The van der Waals surface area contributed by atoms with Crippen LogP contribution in [-0.4, -0.2) is 21.0 Å². The lowest BCUT2D eigenvalue weighted by Crippen LogP contribution is -2.22. The molecule has 1 saturated heterocycles. The molecular weight excluding hydrogens is 402 g/mol. The molecule has 0 bridgehead atoms. The minimum atomic E-state index is -0.162. The molecule has 32 heavy (non-hydrogen) atoms. The molecule has 3 aromatic rings. The molecular formula is C26H27N3O3. The van der Waals surface area contributed by atoms with Crippen LogP contribution in [0.2, 0.25) is 0 Å². The van der Waals surface area contributed by atoms with Gasteiger partial charge in [-0.15, -0.1) is 5.10 Å². The Balaban J connectivity index is 1.39. The lowest BCUT2D eigenvalue weighted by Gasteiger charge is -2.31. The number of aryl methyl sites for hydroxylation is 1. The number of carbonyl (C=O) groups excluding carboxylic acids is 1. The van der Waals surface area contributed by atoms with E-state index in [1.54, 1.807) is 10.9 Å². The van der Waals surface area contributed by atoms with E-state index in [1.165, 1.54) is 11.1 Å². The van der Waals surface area contributed by atoms with E-state index < -0.39 is 0 Å². The van der Waals surface area contributed by atoms with Crippen LogP contribution in [0.15, 0.2) is 42.6 Å². The number of nitrogens with zero attached hydrogens (tertiary/aromatic N) is 3. The van der Waals surface area contributed by atoms with Crippen molar-refractivity contribution in [1.82, 2.24) is 15.0 Å². The predicted octanol–water partition coefficient (Wildman–Crippen LogP) is 4.90. The highest BCUT2D eigenvalue weighted by molar-refractivity contribution is 5.76. The van der Waals surface area contributed by atoms with Crippen LogP contribution in [0.1, 0.15) is 53.0 Å². The number of benzene rings is 2. The second-order valence-electron chi connectivity index (χ2n) is 8.74. The average Bonchev–Trinajstić information content (AvgIpc) is 3.37. The summed E-state index contributed by atoms with van der Waals surface area (Å²) in [6, 6.07) is 12.2. The SMILES string of the molecule is Cc1cc(OCc2cnnn2/C=C/c2ccccc2)c(C)c2c1CC[C@H]1[C@H](C)C(=O)O[C@@H]21. The second-order valence-corrected chi connectivity index (χ2v) is 8.74. The summed E-state index contributed by atoms with van der Waals surface area (Å²) in [4.78, 5) is 12.2.